The van der Waals surface area contributed by atoms with E-state index < -0.39 is 0 Å². The molecule has 0 amide bonds. The van der Waals surface area contributed by atoms with Gasteiger partial charge in [0.15, 0.2) is 0 Å². The van der Waals surface area contributed by atoms with Crippen LogP contribution in [0.2, 0.25) is 0 Å². The minimum atomic E-state index is 0.673. The van der Waals surface area contributed by atoms with Crippen molar-refractivity contribution in [3.05, 3.63) is 0 Å². The van der Waals surface area contributed by atoms with Crippen molar-refractivity contribution in [1.29, 1.82) is 0 Å². The Morgan fingerprint density at radius 3 is 2.62 bits per heavy atom. The van der Waals surface area contributed by atoms with E-state index in [9.17, 15) is 0 Å². The topological polar surface area (TPSA) is 29.3 Å². The van der Waals surface area contributed by atoms with Crippen molar-refractivity contribution in [2.24, 2.45) is 11.7 Å². The van der Waals surface area contributed by atoms with Crippen LogP contribution >= 0.6 is 11.8 Å². The van der Waals surface area contributed by atoms with E-state index >= 15 is 0 Å². The molecule has 2 atom stereocenters. The van der Waals surface area contributed by atoms with Crippen LogP contribution in [0.5, 0.6) is 0 Å². The molecule has 0 aliphatic carbocycles. The Kier molecular flexibility index (Phi) is 4.98. The van der Waals surface area contributed by atoms with E-state index in [-0.39, 0.29) is 0 Å². The number of hydrogen-bond donors (Lipinski definition) is 1. The predicted octanol–water partition coefficient (Wildman–Crippen LogP) is 2.33. The second kappa shape index (κ2) is 6.27. The van der Waals surface area contributed by atoms with Crippen LogP contribution in [0.25, 0.3) is 0 Å². The molecule has 0 radical (unpaired) electrons. The van der Waals surface area contributed by atoms with Gasteiger partial charge in [-0.05, 0) is 49.7 Å². The van der Waals surface area contributed by atoms with Crippen molar-refractivity contribution < 1.29 is 0 Å². The molecule has 2 nitrogen and oxygen atoms in total. The Labute approximate surface area is 104 Å². The fourth-order valence-electron chi connectivity index (χ4n) is 3.25. The van der Waals surface area contributed by atoms with Crippen molar-refractivity contribution in [1.82, 2.24) is 4.90 Å². The molecular formula is C13H26N2S. The Hall–Kier alpha value is 0.270. The maximum Gasteiger partial charge on any atom is 0.0224 e. The lowest BCUT2D eigenvalue weighted by Crippen LogP contribution is -2.52. The SMILES string of the molecule is CCC1CCN(C2CCSCC2)C(CN)C1. The van der Waals surface area contributed by atoms with Gasteiger partial charge in [0.05, 0.1) is 0 Å². The first-order valence-electron chi connectivity index (χ1n) is 6.88. The average Bonchev–Trinajstić information content (AvgIpc) is 2.39. The standard InChI is InChI=1S/C13H26N2S/c1-2-11-3-6-15(13(9-11)10-14)12-4-7-16-8-5-12/h11-13H,2-10,14H2,1H3. The van der Waals surface area contributed by atoms with Crippen LogP contribution in [0.3, 0.4) is 0 Å². The fourth-order valence-corrected chi connectivity index (χ4v) is 4.33. The summed E-state index contributed by atoms with van der Waals surface area (Å²) in [6.45, 7) is 4.49. The molecule has 3 heteroatoms. The highest BCUT2D eigenvalue weighted by Crippen LogP contribution is 2.30. The van der Waals surface area contributed by atoms with Gasteiger partial charge in [0.2, 0.25) is 0 Å². The third-order valence-corrected chi connectivity index (χ3v) is 5.43. The van der Waals surface area contributed by atoms with Gasteiger partial charge in [-0.1, -0.05) is 13.3 Å². The third-order valence-electron chi connectivity index (χ3n) is 4.38. The summed E-state index contributed by atoms with van der Waals surface area (Å²) >= 11 is 2.12. The Bertz CT molecular complexity index is 204. The van der Waals surface area contributed by atoms with E-state index in [4.69, 9.17) is 5.73 Å². The number of likely N-dealkylation sites (tertiary alicyclic amines) is 1. The summed E-state index contributed by atoms with van der Waals surface area (Å²) in [6, 6.07) is 1.51. The molecular weight excluding hydrogens is 216 g/mol. The Morgan fingerprint density at radius 1 is 1.25 bits per heavy atom. The van der Waals surface area contributed by atoms with E-state index in [1.54, 1.807) is 0 Å². The smallest absolute Gasteiger partial charge is 0.0224 e. The molecule has 0 spiro atoms. The molecule has 2 unspecified atom stereocenters. The zero-order valence-corrected chi connectivity index (χ0v) is 11.3. The number of rotatable bonds is 3. The molecule has 2 aliphatic heterocycles. The molecule has 2 aliphatic rings. The van der Waals surface area contributed by atoms with Crippen LogP contribution in [0.1, 0.15) is 39.0 Å². The zero-order chi connectivity index (χ0) is 11.4. The van der Waals surface area contributed by atoms with Crippen molar-refractivity contribution in [3.63, 3.8) is 0 Å². The second-order valence-corrected chi connectivity index (χ2v) is 6.49. The first-order valence-corrected chi connectivity index (χ1v) is 8.04. The highest BCUT2D eigenvalue weighted by Gasteiger charge is 2.32. The first kappa shape index (κ1) is 12.7. The molecule has 2 fully saturated rings. The van der Waals surface area contributed by atoms with Crippen molar-refractivity contribution in [2.75, 3.05) is 24.6 Å². The van der Waals surface area contributed by atoms with Crippen LogP contribution in [0, 0.1) is 5.92 Å². The summed E-state index contributed by atoms with van der Waals surface area (Å²) in [5, 5.41) is 0. The van der Waals surface area contributed by atoms with Gasteiger partial charge in [0.1, 0.15) is 0 Å². The molecule has 0 bridgehead atoms. The number of nitrogens with zero attached hydrogens (tertiary/aromatic N) is 1. The van der Waals surface area contributed by atoms with Gasteiger partial charge in [0.25, 0.3) is 0 Å². The largest absolute Gasteiger partial charge is 0.329 e. The number of piperidine rings is 1. The lowest BCUT2D eigenvalue weighted by molar-refractivity contribution is 0.0662. The van der Waals surface area contributed by atoms with Crippen LogP contribution in [-0.2, 0) is 0 Å². The Balaban J connectivity index is 1.92. The quantitative estimate of drug-likeness (QED) is 0.823. The molecule has 2 heterocycles. The predicted molar refractivity (Wildman–Crippen MR) is 72.9 cm³/mol. The number of nitrogens with two attached hydrogens (primary N) is 1. The molecule has 2 N–H and O–H groups in total. The van der Waals surface area contributed by atoms with Gasteiger partial charge < -0.3 is 5.73 Å². The van der Waals surface area contributed by atoms with Crippen LogP contribution in [-0.4, -0.2) is 41.6 Å². The van der Waals surface area contributed by atoms with E-state index in [0.717, 1.165) is 18.5 Å². The summed E-state index contributed by atoms with van der Waals surface area (Å²) in [5.74, 6) is 3.65. The first-order chi connectivity index (χ1) is 7.85. The fraction of sp³-hybridized carbons (Fsp3) is 1.00. The van der Waals surface area contributed by atoms with E-state index in [0.29, 0.717) is 6.04 Å². The summed E-state index contributed by atoms with van der Waals surface area (Å²) in [6.07, 6.45) is 6.86. The van der Waals surface area contributed by atoms with Gasteiger partial charge in [-0.3, -0.25) is 4.90 Å². The lowest BCUT2D eigenvalue weighted by Gasteiger charge is -2.44. The maximum atomic E-state index is 5.97. The van der Waals surface area contributed by atoms with Crippen LogP contribution in [0.15, 0.2) is 0 Å². The zero-order valence-electron chi connectivity index (χ0n) is 10.5. The van der Waals surface area contributed by atoms with Gasteiger partial charge in [-0.2, -0.15) is 11.8 Å². The molecule has 0 aromatic rings. The minimum absolute atomic E-state index is 0.673. The maximum absolute atomic E-state index is 5.97. The van der Waals surface area contributed by atoms with Gasteiger partial charge >= 0.3 is 0 Å². The van der Waals surface area contributed by atoms with Gasteiger partial charge in [-0.15, -0.1) is 0 Å². The third kappa shape index (κ3) is 2.93. The average molecular weight is 242 g/mol. The van der Waals surface area contributed by atoms with Crippen LogP contribution < -0.4 is 5.73 Å². The van der Waals surface area contributed by atoms with Crippen molar-refractivity contribution in [3.8, 4) is 0 Å². The van der Waals surface area contributed by atoms with Gasteiger partial charge in [0, 0.05) is 18.6 Å². The molecule has 2 saturated heterocycles. The Morgan fingerprint density at radius 2 is 2.00 bits per heavy atom. The van der Waals surface area contributed by atoms with E-state index in [1.165, 1.54) is 50.2 Å². The number of hydrogen-bond acceptors (Lipinski definition) is 3. The number of thioether (sulfide) groups is 1. The summed E-state index contributed by atoms with van der Waals surface area (Å²) in [4.78, 5) is 2.74. The molecule has 0 aromatic heterocycles. The normalized spacial score (nSPS) is 34.1. The molecule has 94 valence electrons. The summed E-state index contributed by atoms with van der Waals surface area (Å²) in [7, 11) is 0. The van der Waals surface area contributed by atoms with E-state index in [1.807, 2.05) is 0 Å². The molecule has 2 rings (SSSR count). The van der Waals surface area contributed by atoms with Crippen LogP contribution in [0.4, 0.5) is 0 Å². The summed E-state index contributed by atoms with van der Waals surface area (Å²) < 4.78 is 0. The highest BCUT2D eigenvalue weighted by atomic mass is 32.2. The van der Waals surface area contributed by atoms with Crippen molar-refractivity contribution >= 4 is 11.8 Å². The van der Waals surface area contributed by atoms with Crippen molar-refractivity contribution in [2.45, 2.75) is 51.1 Å². The van der Waals surface area contributed by atoms with E-state index in [2.05, 4.69) is 23.6 Å². The monoisotopic (exact) mass is 242 g/mol. The van der Waals surface area contributed by atoms with Gasteiger partial charge in [-0.25, -0.2) is 0 Å². The molecule has 16 heavy (non-hydrogen) atoms. The second-order valence-electron chi connectivity index (χ2n) is 5.27. The lowest BCUT2D eigenvalue weighted by atomic mass is 9.87. The summed E-state index contributed by atoms with van der Waals surface area (Å²) in [5.41, 5.74) is 5.97. The highest BCUT2D eigenvalue weighted by molar-refractivity contribution is 7.99. The minimum Gasteiger partial charge on any atom is -0.329 e. The molecule has 0 aromatic carbocycles. The molecule has 0 saturated carbocycles.